The number of benzene rings is 1. The van der Waals surface area contributed by atoms with E-state index in [1.165, 1.54) is 22.4 Å². The van der Waals surface area contributed by atoms with Crippen LogP contribution in [0.25, 0.3) is 0 Å². The van der Waals surface area contributed by atoms with E-state index in [1.54, 1.807) is 0 Å². The van der Waals surface area contributed by atoms with E-state index in [4.69, 9.17) is 21.3 Å². The van der Waals surface area contributed by atoms with Crippen molar-refractivity contribution in [2.75, 3.05) is 13.1 Å². The van der Waals surface area contributed by atoms with Crippen molar-refractivity contribution in [1.29, 1.82) is 0 Å². The molecule has 1 aliphatic heterocycles. The third-order valence-electron chi connectivity index (χ3n) is 6.03. The number of hydrogen-bond donors (Lipinski definition) is 0. The number of carbonyl (C=O) groups excluding carboxylic acids is 1. The summed E-state index contributed by atoms with van der Waals surface area (Å²) in [4.78, 5) is 19.2. The first-order valence-electron chi connectivity index (χ1n) is 10.6. The lowest BCUT2D eigenvalue weighted by Crippen LogP contribution is -2.42. The molecule has 2 heterocycles. The fourth-order valence-corrected chi connectivity index (χ4v) is 5.28. The molecule has 0 radical (unpaired) electrons. The molecule has 4 nitrogen and oxygen atoms in total. The molecule has 0 saturated carbocycles. The zero-order valence-corrected chi connectivity index (χ0v) is 20.1. The first-order chi connectivity index (χ1) is 14.2. The topological polar surface area (TPSA) is 42.4 Å². The molecule has 0 N–H and O–H groups in total. The Labute approximate surface area is 192 Å². The summed E-state index contributed by atoms with van der Waals surface area (Å²) in [5.41, 5.74) is 4.66. The molecule has 1 aliphatic carbocycles. The number of hydrogen-bond acceptors (Lipinski definition) is 3. The second-order valence-electron chi connectivity index (χ2n) is 9.32. The Kier molecular flexibility index (Phi) is 6.13. The molecule has 1 amide bonds. The van der Waals surface area contributed by atoms with Crippen LogP contribution in [0.1, 0.15) is 61.9 Å². The van der Waals surface area contributed by atoms with Gasteiger partial charge in [-0.2, -0.15) is 0 Å². The van der Waals surface area contributed by atoms with E-state index < -0.39 is 5.60 Å². The Morgan fingerprint density at radius 1 is 1.17 bits per heavy atom. The van der Waals surface area contributed by atoms with Gasteiger partial charge in [0, 0.05) is 34.7 Å². The number of fused-ring (bicyclic) bond motifs is 2. The van der Waals surface area contributed by atoms with Crippen molar-refractivity contribution in [2.24, 2.45) is 5.92 Å². The van der Waals surface area contributed by atoms with Crippen molar-refractivity contribution < 1.29 is 9.53 Å². The highest BCUT2D eigenvalue weighted by molar-refractivity contribution is 9.10. The standard InChI is InChI=1S/C24H28BrClN2O2/c1-24(2,3)30-23(29)28-10-8-15(9-11-28)21-20-7-6-19(26)13-16(20)4-5-17-12-18(25)14-27-22(17)21/h6-7,12-15,21H,4-5,8-11H2,1-3H3/t21-/m1/s1. The second-order valence-corrected chi connectivity index (χ2v) is 10.7. The maximum atomic E-state index is 12.5. The van der Waals surface area contributed by atoms with Crippen LogP contribution in [-0.4, -0.2) is 34.7 Å². The number of piperidine rings is 1. The van der Waals surface area contributed by atoms with Crippen LogP contribution in [0.5, 0.6) is 0 Å². The highest BCUT2D eigenvalue weighted by atomic mass is 79.9. The van der Waals surface area contributed by atoms with E-state index in [1.807, 2.05) is 37.9 Å². The number of aromatic nitrogens is 1. The first kappa shape index (κ1) is 21.6. The molecule has 1 saturated heterocycles. The fourth-order valence-electron chi connectivity index (χ4n) is 4.70. The number of pyridine rings is 1. The monoisotopic (exact) mass is 490 g/mol. The smallest absolute Gasteiger partial charge is 0.410 e. The van der Waals surface area contributed by atoms with Gasteiger partial charge in [-0.15, -0.1) is 0 Å². The average Bonchev–Trinajstić information content (AvgIpc) is 2.83. The zero-order chi connectivity index (χ0) is 21.5. The Hall–Kier alpha value is -1.59. The number of carbonyl (C=O) groups is 1. The van der Waals surface area contributed by atoms with Crippen LogP contribution in [0.2, 0.25) is 5.02 Å². The summed E-state index contributed by atoms with van der Waals surface area (Å²) in [5, 5.41) is 0.785. The quantitative estimate of drug-likeness (QED) is 0.465. The lowest BCUT2D eigenvalue weighted by molar-refractivity contribution is 0.0178. The number of halogens is 2. The molecule has 2 aromatic rings. The maximum Gasteiger partial charge on any atom is 0.410 e. The number of ether oxygens (including phenoxy) is 1. The van der Waals surface area contributed by atoms with Gasteiger partial charge in [-0.1, -0.05) is 17.7 Å². The van der Waals surface area contributed by atoms with Crippen LogP contribution in [-0.2, 0) is 17.6 Å². The highest BCUT2D eigenvalue weighted by Gasteiger charge is 2.35. The van der Waals surface area contributed by atoms with Crippen LogP contribution in [0, 0.1) is 5.92 Å². The predicted octanol–water partition coefficient (Wildman–Crippen LogP) is 6.38. The normalized spacial score (nSPS) is 19.6. The Bertz CT molecular complexity index is 895. The van der Waals surface area contributed by atoms with Gasteiger partial charge >= 0.3 is 6.09 Å². The molecule has 30 heavy (non-hydrogen) atoms. The van der Waals surface area contributed by atoms with Crippen LogP contribution < -0.4 is 0 Å². The van der Waals surface area contributed by atoms with Crippen molar-refractivity contribution in [3.63, 3.8) is 0 Å². The number of aryl methyl sites for hydroxylation is 2. The molecule has 2 aliphatic rings. The minimum atomic E-state index is -0.469. The third-order valence-corrected chi connectivity index (χ3v) is 6.70. The summed E-state index contributed by atoms with van der Waals surface area (Å²) in [6.45, 7) is 7.15. The fraction of sp³-hybridized carbons (Fsp3) is 0.500. The van der Waals surface area contributed by atoms with Gasteiger partial charge < -0.3 is 9.64 Å². The maximum absolute atomic E-state index is 12.5. The SMILES string of the molecule is CC(C)(C)OC(=O)N1CCC([C@@H]2c3ccc(Cl)cc3CCc3cc(Br)cnc32)CC1. The van der Waals surface area contributed by atoms with Crippen molar-refractivity contribution in [3.05, 3.63) is 62.3 Å². The van der Waals surface area contributed by atoms with Crippen LogP contribution >= 0.6 is 27.5 Å². The van der Waals surface area contributed by atoms with E-state index in [0.29, 0.717) is 19.0 Å². The van der Waals surface area contributed by atoms with Gasteiger partial charge in [-0.05, 0) is 103 Å². The first-order valence-corrected chi connectivity index (χ1v) is 11.8. The molecular formula is C24H28BrClN2O2. The number of nitrogens with zero attached hydrogens (tertiary/aromatic N) is 2. The Morgan fingerprint density at radius 2 is 1.87 bits per heavy atom. The summed E-state index contributed by atoms with van der Waals surface area (Å²) < 4.78 is 6.59. The second kappa shape index (κ2) is 8.51. The third kappa shape index (κ3) is 4.67. The zero-order valence-electron chi connectivity index (χ0n) is 17.8. The van der Waals surface area contributed by atoms with E-state index in [0.717, 1.165) is 35.2 Å². The molecule has 1 aromatic carbocycles. The minimum Gasteiger partial charge on any atom is -0.444 e. The lowest BCUT2D eigenvalue weighted by Gasteiger charge is -2.37. The van der Waals surface area contributed by atoms with E-state index in [2.05, 4.69) is 34.1 Å². The van der Waals surface area contributed by atoms with E-state index in [-0.39, 0.29) is 12.0 Å². The van der Waals surface area contributed by atoms with Crippen molar-refractivity contribution in [3.8, 4) is 0 Å². The van der Waals surface area contributed by atoms with Gasteiger partial charge in [0.05, 0.1) is 5.69 Å². The molecule has 0 unspecified atom stereocenters. The average molecular weight is 492 g/mol. The van der Waals surface area contributed by atoms with Gasteiger partial charge in [0.2, 0.25) is 0 Å². The lowest BCUT2D eigenvalue weighted by atomic mass is 9.76. The number of amides is 1. The summed E-state index contributed by atoms with van der Waals surface area (Å²) in [6, 6.07) is 8.49. The van der Waals surface area contributed by atoms with Crippen LogP contribution in [0.3, 0.4) is 0 Å². The summed E-state index contributed by atoms with van der Waals surface area (Å²) in [6.07, 6.45) is 5.49. The van der Waals surface area contributed by atoms with Crippen LogP contribution in [0.15, 0.2) is 34.9 Å². The Morgan fingerprint density at radius 3 is 2.57 bits per heavy atom. The summed E-state index contributed by atoms with van der Waals surface area (Å²) in [7, 11) is 0. The number of likely N-dealkylation sites (tertiary alicyclic amines) is 1. The summed E-state index contributed by atoms with van der Waals surface area (Å²) in [5.74, 6) is 0.651. The van der Waals surface area contributed by atoms with E-state index in [9.17, 15) is 4.79 Å². The molecule has 4 rings (SSSR count). The van der Waals surface area contributed by atoms with Gasteiger partial charge in [0.1, 0.15) is 5.60 Å². The summed E-state index contributed by atoms with van der Waals surface area (Å²) >= 11 is 9.91. The van der Waals surface area contributed by atoms with Crippen molar-refractivity contribution in [2.45, 2.75) is 58.0 Å². The molecule has 1 atom stereocenters. The van der Waals surface area contributed by atoms with Crippen molar-refractivity contribution >= 4 is 33.6 Å². The molecule has 1 aromatic heterocycles. The van der Waals surface area contributed by atoms with Gasteiger partial charge in [0.15, 0.2) is 0 Å². The number of rotatable bonds is 1. The molecule has 0 bridgehead atoms. The van der Waals surface area contributed by atoms with Crippen LogP contribution in [0.4, 0.5) is 4.79 Å². The van der Waals surface area contributed by atoms with Gasteiger partial charge in [-0.25, -0.2) is 4.79 Å². The van der Waals surface area contributed by atoms with E-state index >= 15 is 0 Å². The molecule has 6 heteroatoms. The molecule has 160 valence electrons. The predicted molar refractivity (Wildman–Crippen MR) is 123 cm³/mol. The Balaban J connectivity index is 1.62. The molecular weight excluding hydrogens is 464 g/mol. The largest absolute Gasteiger partial charge is 0.444 e. The van der Waals surface area contributed by atoms with Gasteiger partial charge in [0.25, 0.3) is 0 Å². The van der Waals surface area contributed by atoms with Gasteiger partial charge in [-0.3, -0.25) is 4.98 Å². The molecule has 0 spiro atoms. The molecule has 1 fully saturated rings. The highest BCUT2D eigenvalue weighted by Crippen LogP contribution is 2.43. The van der Waals surface area contributed by atoms with Crippen molar-refractivity contribution in [1.82, 2.24) is 9.88 Å². The minimum absolute atomic E-state index is 0.212.